The van der Waals surface area contributed by atoms with Gasteiger partial charge >= 0.3 is 0 Å². The lowest BCUT2D eigenvalue weighted by atomic mass is 10.2. The number of nitrogen functional groups attached to an aromatic ring is 1. The SMILES string of the molecule is Cc1cc(Cl)ccc1Nc1ncc(N)cn1. The Kier molecular flexibility index (Phi) is 2.92. The number of hydrogen-bond acceptors (Lipinski definition) is 4. The molecule has 0 saturated heterocycles. The lowest BCUT2D eigenvalue weighted by Gasteiger charge is -2.07. The van der Waals surface area contributed by atoms with Gasteiger partial charge in [-0.25, -0.2) is 9.97 Å². The van der Waals surface area contributed by atoms with E-state index in [-0.39, 0.29) is 0 Å². The number of rotatable bonds is 2. The Balaban J connectivity index is 2.23. The molecule has 3 N–H and O–H groups in total. The van der Waals surface area contributed by atoms with E-state index in [1.165, 1.54) is 0 Å². The number of nitrogens with two attached hydrogens (primary N) is 1. The summed E-state index contributed by atoms with van der Waals surface area (Å²) in [5.74, 6) is 0.514. The van der Waals surface area contributed by atoms with Gasteiger partial charge in [0.1, 0.15) is 0 Å². The van der Waals surface area contributed by atoms with Crippen LogP contribution in [0.2, 0.25) is 5.02 Å². The minimum Gasteiger partial charge on any atom is -0.396 e. The average molecular weight is 235 g/mol. The standard InChI is InChI=1S/C11H11ClN4/c1-7-4-8(12)2-3-10(7)16-11-14-5-9(13)6-15-11/h2-6H,13H2,1H3,(H,14,15,16). The molecular weight excluding hydrogens is 224 g/mol. The maximum atomic E-state index is 5.87. The van der Waals surface area contributed by atoms with Gasteiger partial charge in [-0.15, -0.1) is 0 Å². The second-order valence-corrected chi connectivity index (χ2v) is 3.86. The van der Waals surface area contributed by atoms with Crippen molar-refractivity contribution in [3.8, 4) is 0 Å². The molecule has 0 unspecified atom stereocenters. The van der Waals surface area contributed by atoms with Gasteiger partial charge in [0.25, 0.3) is 0 Å². The Morgan fingerprint density at radius 3 is 2.56 bits per heavy atom. The highest BCUT2D eigenvalue weighted by molar-refractivity contribution is 6.30. The maximum absolute atomic E-state index is 5.87. The molecule has 1 heterocycles. The number of nitrogens with one attached hydrogen (secondary N) is 1. The molecule has 4 nitrogen and oxygen atoms in total. The van der Waals surface area contributed by atoms with E-state index in [9.17, 15) is 0 Å². The number of halogens is 1. The van der Waals surface area contributed by atoms with Crippen molar-refractivity contribution in [1.29, 1.82) is 0 Å². The van der Waals surface area contributed by atoms with Gasteiger partial charge in [-0.2, -0.15) is 0 Å². The molecular formula is C11H11ClN4. The van der Waals surface area contributed by atoms with Crippen LogP contribution in [-0.4, -0.2) is 9.97 Å². The first-order valence-electron chi connectivity index (χ1n) is 4.76. The van der Waals surface area contributed by atoms with E-state index in [1.54, 1.807) is 12.4 Å². The highest BCUT2D eigenvalue weighted by Gasteiger charge is 2.01. The van der Waals surface area contributed by atoms with Gasteiger partial charge in [-0.3, -0.25) is 0 Å². The largest absolute Gasteiger partial charge is 0.396 e. The molecule has 82 valence electrons. The monoisotopic (exact) mass is 234 g/mol. The zero-order valence-electron chi connectivity index (χ0n) is 8.74. The van der Waals surface area contributed by atoms with Gasteiger partial charge in [-0.05, 0) is 30.7 Å². The normalized spacial score (nSPS) is 10.1. The van der Waals surface area contributed by atoms with Crippen LogP contribution in [0, 0.1) is 6.92 Å². The Hall–Kier alpha value is -1.81. The summed E-state index contributed by atoms with van der Waals surface area (Å²) in [4.78, 5) is 8.11. The Bertz CT molecular complexity index is 496. The van der Waals surface area contributed by atoms with Crippen LogP contribution >= 0.6 is 11.6 Å². The zero-order valence-corrected chi connectivity index (χ0v) is 9.49. The number of anilines is 3. The van der Waals surface area contributed by atoms with Gasteiger partial charge in [-0.1, -0.05) is 11.6 Å². The van der Waals surface area contributed by atoms with Crippen LogP contribution in [0.5, 0.6) is 0 Å². The van der Waals surface area contributed by atoms with Crippen LogP contribution in [0.15, 0.2) is 30.6 Å². The van der Waals surface area contributed by atoms with Crippen molar-refractivity contribution in [2.75, 3.05) is 11.1 Å². The molecule has 0 aliphatic rings. The van der Waals surface area contributed by atoms with Gasteiger partial charge in [0.05, 0.1) is 18.1 Å². The topological polar surface area (TPSA) is 63.8 Å². The summed E-state index contributed by atoms with van der Waals surface area (Å²) < 4.78 is 0. The Morgan fingerprint density at radius 2 is 1.94 bits per heavy atom. The first-order valence-corrected chi connectivity index (χ1v) is 5.13. The van der Waals surface area contributed by atoms with Crippen molar-refractivity contribution in [3.63, 3.8) is 0 Å². The second kappa shape index (κ2) is 4.37. The van der Waals surface area contributed by atoms with Crippen LogP contribution in [-0.2, 0) is 0 Å². The predicted molar refractivity (Wildman–Crippen MR) is 65.9 cm³/mol. The summed E-state index contributed by atoms with van der Waals surface area (Å²) in [6, 6.07) is 5.58. The van der Waals surface area contributed by atoms with Crippen molar-refractivity contribution in [3.05, 3.63) is 41.2 Å². The molecule has 0 saturated carbocycles. The molecule has 2 rings (SSSR count). The lowest BCUT2D eigenvalue weighted by Crippen LogP contribution is -1.99. The fourth-order valence-electron chi connectivity index (χ4n) is 1.29. The first kappa shape index (κ1) is 10.7. The number of hydrogen-bond donors (Lipinski definition) is 2. The smallest absolute Gasteiger partial charge is 0.227 e. The Labute approximate surface area is 98.5 Å². The molecule has 16 heavy (non-hydrogen) atoms. The van der Waals surface area contributed by atoms with Gasteiger partial charge in [0.15, 0.2) is 0 Å². The number of benzene rings is 1. The molecule has 0 atom stereocenters. The van der Waals surface area contributed by atoms with E-state index < -0.39 is 0 Å². The van der Waals surface area contributed by atoms with Crippen molar-refractivity contribution in [2.24, 2.45) is 0 Å². The van der Waals surface area contributed by atoms with Crippen molar-refractivity contribution in [2.45, 2.75) is 6.92 Å². The van der Waals surface area contributed by atoms with Crippen molar-refractivity contribution in [1.82, 2.24) is 9.97 Å². The van der Waals surface area contributed by atoms with Crippen molar-refractivity contribution >= 4 is 28.9 Å². The van der Waals surface area contributed by atoms with E-state index in [1.807, 2.05) is 25.1 Å². The lowest BCUT2D eigenvalue weighted by molar-refractivity contribution is 1.17. The van der Waals surface area contributed by atoms with Crippen LogP contribution in [0.4, 0.5) is 17.3 Å². The third-order valence-corrected chi connectivity index (χ3v) is 2.34. The molecule has 1 aromatic carbocycles. The van der Waals surface area contributed by atoms with Gasteiger partial charge in [0.2, 0.25) is 5.95 Å². The summed E-state index contributed by atoms with van der Waals surface area (Å²) in [6.45, 7) is 1.96. The fraction of sp³-hybridized carbons (Fsp3) is 0.0909. The summed E-state index contributed by atoms with van der Waals surface area (Å²) >= 11 is 5.87. The van der Waals surface area contributed by atoms with E-state index >= 15 is 0 Å². The molecule has 0 aliphatic carbocycles. The molecule has 1 aromatic heterocycles. The molecule has 0 spiro atoms. The number of aromatic nitrogens is 2. The first-order chi connectivity index (χ1) is 7.65. The van der Waals surface area contributed by atoms with Crippen LogP contribution in [0.3, 0.4) is 0 Å². The maximum Gasteiger partial charge on any atom is 0.227 e. The summed E-state index contributed by atoms with van der Waals surface area (Å²) in [5.41, 5.74) is 8.00. The molecule has 0 bridgehead atoms. The third kappa shape index (κ3) is 2.41. The molecule has 0 amide bonds. The predicted octanol–water partition coefficient (Wildman–Crippen LogP) is 2.76. The highest BCUT2D eigenvalue weighted by Crippen LogP contribution is 2.21. The summed E-state index contributed by atoms with van der Waals surface area (Å²) in [5, 5.41) is 3.80. The minimum absolute atomic E-state index is 0.514. The van der Waals surface area contributed by atoms with Crippen LogP contribution < -0.4 is 11.1 Å². The molecule has 0 aliphatic heterocycles. The highest BCUT2D eigenvalue weighted by atomic mass is 35.5. The zero-order chi connectivity index (χ0) is 11.5. The van der Waals surface area contributed by atoms with Gasteiger partial charge < -0.3 is 11.1 Å². The van der Waals surface area contributed by atoms with Crippen LogP contribution in [0.1, 0.15) is 5.56 Å². The van der Waals surface area contributed by atoms with E-state index in [0.717, 1.165) is 11.3 Å². The van der Waals surface area contributed by atoms with Crippen molar-refractivity contribution < 1.29 is 0 Å². The van der Waals surface area contributed by atoms with Crippen LogP contribution in [0.25, 0.3) is 0 Å². The molecule has 0 fully saturated rings. The van der Waals surface area contributed by atoms with E-state index in [2.05, 4.69) is 15.3 Å². The molecule has 5 heteroatoms. The quantitative estimate of drug-likeness (QED) is 0.839. The third-order valence-electron chi connectivity index (χ3n) is 2.11. The summed E-state index contributed by atoms with van der Waals surface area (Å²) in [6.07, 6.45) is 3.11. The molecule has 0 radical (unpaired) electrons. The van der Waals surface area contributed by atoms with Gasteiger partial charge in [0, 0.05) is 10.7 Å². The fourth-order valence-corrected chi connectivity index (χ4v) is 1.52. The minimum atomic E-state index is 0.514. The molecule has 2 aromatic rings. The van der Waals surface area contributed by atoms with E-state index in [0.29, 0.717) is 16.7 Å². The van der Waals surface area contributed by atoms with E-state index in [4.69, 9.17) is 17.3 Å². The summed E-state index contributed by atoms with van der Waals surface area (Å²) in [7, 11) is 0. The average Bonchev–Trinajstić information content (AvgIpc) is 2.25. The number of aryl methyl sites for hydroxylation is 1. The second-order valence-electron chi connectivity index (χ2n) is 3.42. The number of nitrogens with zero attached hydrogens (tertiary/aromatic N) is 2. The Morgan fingerprint density at radius 1 is 1.25 bits per heavy atom.